The molecule has 124 valence electrons. The Labute approximate surface area is 126 Å². The van der Waals surface area contributed by atoms with Crippen LogP contribution in [0.2, 0.25) is 0 Å². The van der Waals surface area contributed by atoms with Gasteiger partial charge in [0.25, 0.3) is 0 Å². The second-order valence-electron chi connectivity index (χ2n) is 5.86. The van der Waals surface area contributed by atoms with Crippen molar-refractivity contribution in [1.82, 2.24) is 9.80 Å². The van der Waals surface area contributed by atoms with E-state index in [-0.39, 0.29) is 11.8 Å². The van der Waals surface area contributed by atoms with E-state index in [1.165, 1.54) is 17.9 Å². The van der Waals surface area contributed by atoms with Gasteiger partial charge in [0.05, 0.1) is 6.42 Å². The Morgan fingerprint density at radius 1 is 1.41 bits per heavy atom. The molecule has 1 aromatic heterocycles. The van der Waals surface area contributed by atoms with Crippen LogP contribution in [0.4, 0.5) is 13.2 Å². The van der Waals surface area contributed by atoms with Gasteiger partial charge >= 0.3 is 6.18 Å². The fraction of sp³-hybridized carbons (Fsp3) is 0.643. The van der Waals surface area contributed by atoms with Crippen molar-refractivity contribution in [3.63, 3.8) is 0 Å². The largest absolute Gasteiger partial charge is 0.463 e. The highest BCUT2D eigenvalue weighted by Crippen LogP contribution is 2.42. The van der Waals surface area contributed by atoms with Gasteiger partial charge in [0.1, 0.15) is 11.5 Å². The standard InChI is InChI=1S/C14H19F3N2O3/c1-9-4-5-11(22-9)13(21,14(15,16)17)6-12(20)19-7-10(8-19)18(2)3/h4-5,10,21H,6-8H2,1-3H3. The van der Waals surface area contributed by atoms with E-state index in [0.29, 0.717) is 13.1 Å². The van der Waals surface area contributed by atoms with Crippen LogP contribution in [0.3, 0.4) is 0 Å². The van der Waals surface area contributed by atoms with Crippen molar-refractivity contribution in [2.24, 2.45) is 0 Å². The van der Waals surface area contributed by atoms with Crippen LogP contribution in [0.5, 0.6) is 0 Å². The first-order valence-electron chi connectivity index (χ1n) is 6.85. The van der Waals surface area contributed by atoms with E-state index in [2.05, 4.69) is 0 Å². The molecular formula is C14H19F3N2O3. The van der Waals surface area contributed by atoms with Gasteiger partial charge in [0.2, 0.25) is 11.5 Å². The summed E-state index contributed by atoms with van der Waals surface area (Å²) >= 11 is 0. The van der Waals surface area contributed by atoms with Crippen molar-refractivity contribution in [3.8, 4) is 0 Å². The second kappa shape index (κ2) is 5.58. The Balaban J connectivity index is 2.14. The van der Waals surface area contributed by atoms with Gasteiger partial charge in [-0.1, -0.05) is 0 Å². The van der Waals surface area contributed by atoms with Crippen molar-refractivity contribution >= 4 is 5.91 Å². The molecule has 0 saturated carbocycles. The maximum Gasteiger partial charge on any atom is 0.425 e. The summed E-state index contributed by atoms with van der Waals surface area (Å²) in [6, 6.07) is 2.51. The van der Waals surface area contributed by atoms with E-state index in [1.54, 1.807) is 0 Å². The molecule has 1 N–H and O–H groups in total. The number of hydrogen-bond acceptors (Lipinski definition) is 4. The van der Waals surface area contributed by atoms with Crippen LogP contribution in [-0.4, -0.2) is 60.2 Å². The number of likely N-dealkylation sites (tertiary alicyclic amines) is 1. The molecule has 2 rings (SSSR count). The van der Waals surface area contributed by atoms with Crippen molar-refractivity contribution in [3.05, 3.63) is 23.7 Å². The number of aliphatic hydroxyl groups is 1. The fourth-order valence-corrected chi connectivity index (χ4v) is 2.30. The number of carbonyl (C=O) groups is 1. The first-order valence-corrected chi connectivity index (χ1v) is 6.85. The normalized spacial score (nSPS) is 19.2. The van der Waals surface area contributed by atoms with Crippen LogP contribution < -0.4 is 0 Å². The van der Waals surface area contributed by atoms with E-state index in [0.717, 1.165) is 6.07 Å². The summed E-state index contributed by atoms with van der Waals surface area (Å²) in [6.45, 7) is 2.19. The summed E-state index contributed by atoms with van der Waals surface area (Å²) in [7, 11) is 3.67. The lowest BCUT2D eigenvalue weighted by Gasteiger charge is -2.43. The van der Waals surface area contributed by atoms with Crippen LogP contribution in [0, 0.1) is 6.92 Å². The average molecular weight is 320 g/mol. The Morgan fingerprint density at radius 2 is 2.00 bits per heavy atom. The number of alkyl halides is 3. The molecule has 0 spiro atoms. The molecular weight excluding hydrogens is 301 g/mol. The van der Waals surface area contributed by atoms with Gasteiger partial charge in [-0.15, -0.1) is 0 Å². The summed E-state index contributed by atoms with van der Waals surface area (Å²) < 4.78 is 44.7. The Kier molecular flexibility index (Phi) is 4.27. The van der Waals surface area contributed by atoms with Crippen LogP contribution in [0.15, 0.2) is 16.5 Å². The summed E-state index contributed by atoms with van der Waals surface area (Å²) in [5.74, 6) is -1.16. The number of rotatable bonds is 4. The molecule has 0 radical (unpaired) electrons. The number of hydrogen-bond donors (Lipinski definition) is 1. The van der Waals surface area contributed by atoms with Crippen molar-refractivity contribution in [2.45, 2.75) is 31.2 Å². The van der Waals surface area contributed by atoms with Crippen molar-refractivity contribution < 1.29 is 27.5 Å². The van der Waals surface area contributed by atoms with E-state index < -0.39 is 29.9 Å². The molecule has 2 heterocycles. The number of amides is 1. The molecule has 1 atom stereocenters. The minimum absolute atomic E-state index is 0.133. The third-order valence-electron chi connectivity index (χ3n) is 3.97. The van der Waals surface area contributed by atoms with Gasteiger partial charge in [0.15, 0.2) is 0 Å². The number of likely N-dealkylation sites (N-methyl/N-ethyl adjacent to an activating group) is 1. The maximum absolute atomic E-state index is 13.3. The quantitative estimate of drug-likeness (QED) is 0.913. The van der Waals surface area contributed by atoms with Crippen LogP contribution >= 0.6 is 0 Å². The highest BCUT2D eigenvalue weighted by molar-refractivity contribution is 5.78. The fourth-order valence-electron chi connectivity index (χ4n) is 2.30. The second-order valence-corrected chi connectivity index (χ2v) is 5.86. The molecule has 1 fully saturated rings. The maximum atomic E-state index is 13.3. The zero-order valence-corrected chi connectivity index (χ0v) is 12.6. The molecule has 1 unspecified atom stereocenters. The average Bonchev–Trinajstić information content (AvgIpc) is 2.71. The van der Waals surface area contributed by atoms with Gasteiger partial charge in [-0.3, -0.25) is 4.79 Å². The summed E-state index contributed by atoms with van der Waals surface area (Å²) in [4.78, 5) is 15.2. The lowest BCUT2D eigenvalue weighted by Crippen LogP contribution is -2.60. The molecule has 1 amide bonds. The first kappa shape index (κ1) is 16.8. The molecule has 1 saturated heterocycles. The summed E-state index contributed by atoms with van der Waals surface area (Å²) in [5, 5.41) is 10.1. The van der Waals surface area contributed by atoms with E-state index >= 15 is 0 Å². The first-order chi connectivity index (χ1) is 10.0. The Hall–Kier alpha value is -1.54. The van der Waals surface area contributed by atoms with Gasteiger partial charge in [-0.05, 0) is 33.2 Å². The smallest absolute Gasteiger partial charge is 0.425 e. The molecule has 0 aromatic carbocycles. The minimum atomic E-state index is -5.00. The predicted octanol–water partition coefficient (Wildman–Crippen LogP) is 1.50. The molecule has 0 aliphatic carbocycles. The molecule has 22 heavy (non-hydrogen) atoms. The number of halogens is 3. The number of carbonyl (C=O) groups excluding carboxylic acids is 1. The Bertz CT molecular complexity index is 550. The highest BCUT2D eigenvalue weighted by Gasteiger charge is 2.59. The van der Waals surface area contributed by atoms with E-state index in [1.807, 2.05) is 19.0 Å². The summed E-state index contributed by atoms with van der Waals surface area (Å²) in [6.07, 6.45) is -6.08. The monoisotopic (exact) mass is 320 g/mol. The number of nitrogens with zero attached hydrogens (tertiary/aromatic N) is 2. The van der Waals surface area contributed by atoms with Crippen LogP contribution in [-0.2, 0) is 10.4 Å². The lowest BCUT2D eigenvalue weighted by atomic mass is 9.93. The van der Waals surface area contributed by atoms with Crippen LogP contribution in [0.1, 0.15) is 17.9 Å². The van der Waals surface area contributed by atoms with Crippen molar-refractivity contribution in [2.75, 3.05) is 27.2 Å². The van der Waals surface area contributed by atoms with Gasteiger partial charge in [0, 0.05) is 19.1 Å². The summed E-state index contributed by atoms with van der Waals surface area (Å²) in [5.41, 5.74) is -3.30. The minimum Gasteiger partial charge on any atom is -0.463 e. The topological polar surface area (TPSA) is 56.9 Å². The van der Waals surface area contributed by atoms with E-state index in [4.69, 9.17) is 4.42 Å². The highest BCUT2D eigenvalue weighted by atomic mass is 19.4. The third-order valence-corrected chi connectivity index (χ3v) is 3.97. The van der Waals surface area contributed by atoms with Gasteiger partial charge in [-0.25, -0.2) is 0 Å². The third kappa shape index (κ3) is 2.98. The molecule has 1 aromatic rings. The molecule has 1 aliphatic rings. The molecule has 0 bridgehead atoms. The van der Waals surface area contributed by atoms with Crippen molar-refractivity contribution in [1.29, 1.82) is 0 Å². The molecule has 5 nitrogen and oxygen atoms in total. The lowest BCUT2D eigenvalue weighted by molar-refractivity contribution is -0.274. The molecule has 8 heteroatoms. The Morgan fingerprint density at radius 3 is 2.41 bits per heavy atom. The van der Waals surface area contributed by atoms with Gasteiger partial charge < -0.3 is 19.3 Å². The zero-order chi connectivity index (χ0) is 16.7. The number of aryl methyl sites for hydroxylation is 1. The molecule has 1 aliphatic heterocycles. The zero-order valence-electron chi connectivity index (χ0n) is 12.6. The van der Waals surface area contributed by atoms with Gasteiger partial charge in [-0.2, -0.15) is 13.2 Å². The van der Waals surface area contributed by atoms with Crippen LogP contribution in [0.25, 0.3) is 0 Å². The number of furan rings is 1. The predicted molar refractivity (Wildman–Crippen MR) is 72.1 cm³/mol. The van der Waals surface area contributed by atoms with E-state index in [9.17, 15) is 23.1 Å². The SMILES string of the molecule is Cc1ccc(C(O)(CC(=O)N2CC(N(C)C)C2)C(F)(F)F)o1.